The van der Waals surface area contributed by atoms with E-state index in [1.807, 2.05) is 23.1 Å². The first-order valence-electron chi connectivity index (χ1n) is 6.64. The summed E-state index contributed by atoms with van der Waals surface area (Å²) in [5.74, 6) is 0.188. The Morgan fingerprint density at radius 2 is 2.00 bits per heavy atom. The molecule has 19 heavy (non-hydrogen) atoms. The SMILES string of the molecule is N=C1c2ccc3ccccc3c2CN2C(=O)CCC12. The van der Waals surface area contributed by atoms with Gasteiger partial charge in [0.1, 0.15) is 0 Å². The summed E-state index contributed by atoms with van der Waals surface area (Å²) in [6.45, 7) is 0.655. The van der Waals surface area contributed by atoms with E-state index in [9.17, 15) is 4.79 Å². The molecule has 2 aliphatic rings. The summed E-state index contributed by atoms with van der Waals surface area (Å²) < 4.78 is 0. The van der Waals surface area contributed by atoms with Crippen LogP contribution >= 0.6 is 0 Å². The predicted octanol–water partition coefficient (Wildman–Crippen LogP) is 2.71. The van der Waals surface area contributed by atoms with Crippen LogP contribution in [0.25, 0.3) is 10.8 Å². The summed E-state index contributed by atoms with van der Waals surface area (Å²) >= 11 is 0. The van der Waals surface area contributed by atoms with Crippen molar-refractivity contribution in [3.8, 4) is 0 Å². The van der Waals surface area contributed by atoms with Gasteiger partial charge in [-0.05, 0) is 22.8 Å². The first-order chi connectivity index (χ1) is 9.25. The number of carbonyl (C=O) groups is 1. The van der Waals surface area contributed by atoms with Crippen molar-refractivity contribution in [2.24, 2.45) is 0 Å². The highest BCUT2D eigenvalue weighted by atomic mass is 16.2. The van der Waals surface area contributed by atoms with Gasteiger partial charge in [-0.1, -0.05) is 36.4 Å². The zero-order valence-corrected chi connectivity index (χ0v) is 10.5. The van der Waals surface area contributed by atoms with Gasteiger partial charge in [0.2, 0.25) is 5.91 Å². The maximum atomic E-state index is 11.9. The van der Waals surface area contributed by atoms with Gasteiger partial charge in [0, 0.05) is 18.5 Å². The molecule has 2 aliphatic heterocycles. The van der Waals surface area contributed by atoms with Crippen molar-refractivity contribution in [3.05, 3.63) is 47.5 Å². The van der Waals surface area contributed by atoms with Crippen molar-refractivity contribution >= 4 is 22.4 Å². The molecule has 0 spiro atoms. The Morgan fingerprint density at radius 3 is 2.89 bits per heavy atom. The summed E-state index contributed by atoms with van der Waals surface area (Å²) in [7, 11) is 0. The number of hydrogen-bond acceptors (Lipinski definition) is 2. The van der Waals surface area contributed by atoms with Gasteiger partial charge in [-0.2, -0.15) is 0 Å². The van der Waals surface area contributed by atoms with E-state index in [1.54, 1.807) is 0 Å². The van der Waals surface area contributed by atoms with Crippen LogP contribution in [0.4, 0.5) is 0 Å². The zero-order valence-electron chi connectivity index (χ0n) is 10.5. The lowest BCUT2D eigenvalue weighted by Crippen LogP contribution is -2.42. The zero-order chi connectivity index (χ0) is 13.0. The van der Waals surface area contributed by atoms with E-state index in [-0.39, 0.29) is 11.9 Å². The van der Waals surface area contributed by atoms with Crippen LogP contribution in [0.15, 0.2) is 36.4 Å². The third kappa shape index (κ3) is 1.38. The van der Waals surface area contributed by atoms with E-state index in [1.165, 1.54) is 10.8 Å². The minimum atomic E-state index is 0.00108. The molecule has 4 rings (SSSR count). The second-order valence-corrected chi connectivity index (χ2v) is 5.30. The maximum absolute atomic E-state index is 11.9. The van der Waals surface area contributed by atoms with Gasteiger partial charge in [0.15, 0.2) is 0 Å². The number of amides is 1. The fraction of sp³-hybridized carbons (Fsp3) is 0.250. The van der Waals surface area contributed by atoms with Crippen molar-refractivity contribution < 1.29 is 4.79 Å². The molecule has 94 valence electrons. The van der Waals surface area contributed by atoms with Crippen LogP contribution in [-0.4, -0.2) is 22.6 Å². The van der Waals surface area contributed by atoms with Crippen LogP contribution in [0.5, 0.6) is 0 Å². The Bertz CT molecular complexity index is 720. The van der Waals surface area contributed by atoms with Crippen LogP contribution in [0.2, 0.25) is 0 Å². The van der Waals surface area contributed by atoms with Crippen LogP contribution in [0.1, 0.15) is 24.0 Å². The smallest absolute Gasteiger partial charge is 0.223 e. The molecule has 2 heterocycles. The molecule has 1 N–H and O–H groups in total. The van der Waals surface area contributed by atoms with Crippen LogP contribution in [0, 0.1) is 5.41 Å². The van der Waals surface area contributed by atoms with E-state index in [2.05, 4.69) is 18.2 Å². The Kier molecular flexibility index (Phi) is 2.07. The molecule has 0 aromatic heterocycles. The average molecular weight is 250 g/mol. The van der Waals surface area contributed by atoms with Gasteiger partial charge in [-0.25, -0.2) is 0 Å². The quantitative estimate of drug-likeness (QED) is 0.767. The second kappa shape index (κ2) is 3.67. The molecule has 1 unspecified atom stereocenters. The van der Waals surface area contributed by atoms with Crippen LogP contribution in [-0.2, 0) is 11.3 Å². The highest BCUT2D eigenvalue weighted by molar-refractivity contribution is 6.10. The molecule has 1 saturated heterocycles. The molecule has 0 radical (unpaired) electrons. The topological polar surface area (TPSA) is 44.2 Å². The fourth-order valence-corrected chi connectivity index (χ4v) is 3.34. The molecule has 1 amide bonds. The fourth-order valence-electron chi connectivity index (χ4n) is 3.34. The molecular formula is C16H14N2O. The standard InChI is InChI=1S/C16H14N2O/c17-16-12-6-5-10-3-1-2-4-11(10)13(12)9-18-14(16)7-8-15(18)19/h1-6,14,17H,7-9H2. The number of carbonyl (C=O) groups excluding carboxylic acids is 1. The first kappa shape index (κ1) is 10.7. The number of rotatable bonds is 0. The summed E-state index contributed by atoms with van der Waals surface area (Å²) in [6.07, 6.45) is 1.38. The predicted molar refractivity (Wildman–Crippen MR) is 74.3 cm³/mol. The molecule has 1 atom stereocenters. The van der Waals surface area contributed by atoms with Gasteiger partial charge < -0.3 is 10.3 Å². The van der Waals surface area contributed by atoms with Crippen LogP contribution in [0.3, 0.4) is 0 Å². The van der Waals surface area contributed by atoms with Crippen molar-refractivity contribution in [2.45, 2.75) is 25.4 Å². The minimum absolute atomic E-state index is 0.00108. The number of nitrogens with one attached hydrogen (secondary N) is 1. The average Bonchev–Trinajstić information content (AvgIpc) is 2.81. The van der Waals surface area contributed by atoms with Gasteiger partial charge >= 0.3 is 0 Å². The van der Waals surface area contributed by atoms with Crippen molar-refractivity contribution in [1.82, 2.24) is 4.90 Å². The Labute approximate surface area is 111 Å². The van der Waals surface area contributed by atoms with E-state index in [0.29, 0.717) is 18.7 Å². The molecule has 0 aliphatic carbocycles. The molecule has 3 heteroatoms. The minimum Gasteiger partial charge on any atom is -0.330 e. The van der Waals surface area contributed by atoms with E-state index in [0.717, 1.165) is 17.5 Å². The molecule has 2 aromatic carbocycles. The summed E-state index contributed by atoms with van der Waals surface area (Å²) in [5.41, 5.74) is 2.77. The monoisotopic (exact) mass is 250 g/mol. The maximum Gasteiger partial charge on any atom is 0.223 e. The molecule has 0 saturated carbocycles. The largest absolute Gasteiger partial charge is 0.330 e. The van der Waals surface area contributed by atoms with E-state index >= 15 is 0 Å². The van der Waals surface area contributed by atoms with Crippen molar-refractivity contribution in [3.63, 3.8) is 0 Å². The summed E-state index contributed by atoms with van der Waals surface area (Å²) in [4.78, 5) is 13.8. The van der Waals surface area contributed by atoms with Gasteiger partial charge in [-0.15, -0.1) is 0 Å². The third-order valence-electron chi connectivity index (χ3n) is 4.32. The highest BCUT2D eigenvalue weighted by Crippen LogP contribution is 2.34. The Hall–Kier alpha value is -2.16. The first-order valence-corrected chi connectivity index (χ1v) is 6.64. The molecule has 0 bridgehead atoms. The lowest BCUT2D eigenvalue weighted by Gasteiger charge is -2.33. The van der Waals surface area contributed by atoms with Crippen molar-refractivity contribution in [2.75, 3.05) is 0 Å². The highest BCUT2D eigenvalue weighted by Gasteiger charge is 2.38. The summed E-state index contributed by atoms with van der Waals surface area (Å²) in [5, 5.41) is 10.7. The molecule has 3 nitrogen and oxygen atoms in total. The molecular weight excluding hydrogens is 236 g/mol. The van der Waals surface area contributed by atoms with E-state index in [4.69, 9.17) is 5.41 Å². The second-order valence-electron chi connectivity index (χ2n) is 5.30. The number of hydrogen-bond donors (Lipinski definition) is 1. The van der Waals surface area contributed by atoms with Crippen LogP contribution < -0.4 is 0 Å². The number of benzene rings is 2. The normalized spacial score (nSPS) is 21.7. The lowest BCUT2D eigenvalue weighted by molar-refractivity contribution is -0.128. The molecule has 1 fully saturated rings. The number of fused-ring (bicyclic) bond motifs is 4. The Balaban J connectivity index is 1.97. The third-order valence-corrected chi connectivity index (χ3v) is 4.32. The lowest BCUT2D eigenvalue weighted by atomic mass is 9.89. The molecule has 2 aromatic rings. The van der Waals surface area contributed by atoms with Gasteiger partial charge in [-0.3, -0.25) is 4.79 Å². The van der Waals surface area contributed by atoms with Gasteiger partial charge in [0.05, 0.1) is 11.8 Å². The summed E-state index contributed by atoms with van der Waals surface area (Å²) in [6, 6.07) is 12.3. The Morgan fingerprint density at radius 1 is 1.16 bits per heavy atom. The van der Waals surface area contributed by atoms with Crippen molar-refractivity contribution in [1.29, 1.82) is 5.41 Å². The van der Waals surface area contributed by atoms with E-state index < -0.39 is 0 Å². The van der Waals surface area contributed by atoms with Gasteiger partial charge in [0.25, 0.3) is 0 Å². The number of nitrogens with zero attached hydrogens (tertiary/aromatic N) is 1.